The van der Waals surface area contributed by atoms with E-state index in [9.17, 15) is 14.4 Å². The van der Waals surface area contributed by atoms with E-state index in [1.54, 1.807) is 19.1 Å². The molecule has 0 fully saturated rings. The zero-order valence-corrected chi connectivity index (χ0v) is 21.6. The van der Waals surface area contributed by atoms with Crippen LogP contribution < -0.4 is 5.32 Å². The van der Waals surface area contributed by atoms with Crippen molar-refractivity contribution in [1.29, 1.82) is 0 Å². The van der Waals surface area contributed by atoms with E-state index in [2.05, 4.69) is 5.32 Å². The number of carbonyl (C=O) groups excluding carboxylic acids is 3. The lowest BCUT2D eigenvalue weighted by Gasteiger charge is -2.40. The minimum absolute atomic E-state index is 0.0481. The third kappa shape index (κ3) is 10.5. The fourth-order valence-corrected chi connectivity index (χ4v) is 3.61. The highest BCUT2D eigenvalue weighted by Crippen LogP contribution is 2.24. The lowest BCUT2D eigenvalue weighted by molar-refractivity contribution is -0.160. The second kappa shape index (κ2) is 13.0. The number of likely N-dealkylation sites (N-methyl/N-ethyl adjacent to an activating group) is 1. The van der Waals surface area contributed by atoms with Crippen LogP contribution in [0.1, 0.15) is 81.6 Å². The summed E-state index contributed by atoms with van der Waals surface area (Å²) in [6.45, 7) is 17.3. The predicted octanol–water partition coefficient (Wildman–Crippen LogP) is 3.79. The molecule has 0 aromatic carbocycles. The molecule has 0 spiro atoms. The molecule has 0 rings (SSSR count). The summed E-state index contributed by atoms with van der Waals surface area (Å²) in [4.78, 5) is 39.9. The van der Waals surface area contributed by atoms with Crippen molar-refractivity contribution < 1.29 is 23.9 Å². The predicted molar refractivity (Wildman–Crippen MR) is 123 cm³/mol. The van der Waals surface area contributed by atoms with Crippen molar-refractivity contribution in [3.63, 3.8) is 0 Å². The number of nitrogens with zero attached hydrogens (tertiary/aromatic N) is 1. The van der Waals surface area contributed by atoms with Gasteiger partial charge in [0.05, 0.1) is 18.6 Å². The zero-order valence-electron chi connectivity index (χ0n) is 21.6. The van der Waals surface area contributed by atoms with Crippen molar-refractivity contribution in [3.8, 4) is 0 Å². The van der Waals surface area contributed by atoms with Crippen molar-refractivity contribution in [2.75, 3.05) is 14.2 Å². The Morgan fingerprint density at radius 2 is 1.55 bits per heavy atom. The average Bonchev–Trinajstić information content (AvgIpc) is 2.62. The number of methoxy groups -OCH3 is 1. The Morgan fingerprint density at radius 1 is 1.00 bits per heavy atom. The molecule has 0 saturated carbocycles. The van der Waals surface area contributed by atoms with Gasteiger partial charge in [-0.25, -0.2) is 0 Å². The number of amides is 2. The van der Waals surface area contributed by atoms with Crippen LogP contribution in [0, 0.1) is 17.8 Å². The van der Waals surface area contributed by atoms with Gasteiger partial charge < -0.3 is 19.7 Å². The number of rotatable bonds is 12. The number of ether oxygens (including phenoxy) is 2. The quantitative estimate of drug-likeness (QED) is 0.465. The van der Waals surface area contributed by atoms with E-state index in [1.165, 1.54) is 0 Å². The van der Waals surface area contributed by atoms with Crippen molar-refractivity contribution in [3.05, 3.63) is 0 Å². The molecule has 0 unspecified atom stereocenters. The molecule has 182 valence electrons. The van der Waals surface area contributed by atoms with Crippen molar-refractivity contribution in [2.45, 2.75) is 105 Å². The molecule has 2 amide bonds. The first-order valence-corrected chi connectivity index (χ1v) is 11.4. The highest BCUT2D eigenvalue weighted by molar-refractivity contribution is 5.88. The Kier molecular flexibility index (Phi) is 12.4. The largest absolute Gasteiger partial charge is 0.460 e. The maximum atomic E-state index is 13.4. The Labute approximate surface area is 189 Å². The number of carbonyl (C=O) groups is 3. The summed E-state index contributed by atoms with van der Waals surface area (Å²) in [5.41, 5.74) is -0.591. The molecule has 0 aliphatic rings. The smallest absolute Gasteiger partial charge is 0.309 e. The molecular weight excluding hydrogens is 396 g/mol. The maximum Gasteiger partial charge on any atom is 0.309 e. The highest BCUT2D eigenvalue weighted by Gasteiger charge is 2.38. The lowest BCUT2D eigenvalue weighted by Crippen LogP contribution is -2.57. The van der Waals surface area contributed by atoms with E-state index >= 15 is 0 Å². The molecule has 0 radical (unpaired) electrons. The minimum Gasteiger partial charge on any atom is -0.460 e. The molecule has 7 heteroatoms. The van der Waals surface area contributed by atoms with Crippen molar-refractivity contribution in [2.24, 2.45) is 17.8 Å². The van der Waals surface area contributed by atoms with Crippen LogP contribution in [0.5, 0.6) is 0 Å². The van der Waals surface area contributed by atoms with Crippen molar-refractivity contribution >= 4 is 17.8 Å². The summed E-state index contributed by atoms with van der Waals surface area (Å²) in [7, 11) is 3.28. The van der Waals surface area contributed by atoms with Gasteiger partial charge >= 0.3 is 5.97 Å². The summed E-state index contributed by atoms with van der Waals surface area (Å²) in [6, 6.07) is -0.972. The second-order valence-electron chi connectivity index (χ2n) is 10.3. The standard InChI is InChI=1S/C24H46N2O5/c1-12-17(6)22(18(30-11)14-20(28)31-24(7,8)9)26(10)23(29)21(16(4)5)25-19(27)13-15(2)3/h15-18,21-22H,12-14H2,1-11H3,(H,25,27)/t17-,18+,21-,22-/m0/s1. The molecular formula is C24H46N2O5. The first-order chi connectivity index (χ1) is 14.1. The highest BCUT2D eigenvalue weighted by atomic mass is 16.6. The van der Waals surface area contributed by atoms with Crippen LogP contribution in [-0.4, -0.2) is 60.6 Å². The van der Waals surface area contributed by atoms with E-state index in [-0.39, 0.29) is 48.0 Å². The minimum atomic E-state index is -0.637. The molecule has 0 aromatic heterocycles. The molecule has 0 aliphatic carbocycles. The van der Waals surface area contributed by atoms with Crippen LogP contribution >= 0.6 is 0 Å². The molecule has 1 N–H and O–H groups in total. The molecule has 0 bridgehead atoms. The van der Waals surface area contributed by atoms with Crippen LogP contribution in [0.4, 0.5) is 0 Å². The summed E-state index contributed by atoms with van der Waals surface area (Å²) in [6.07, 6.45) is 0.710. The number of hydrogen-bond acceptors (Lipinski definition) is 5. The van der Waals surface area contributed by atoms with Gasteiger partial charge in [0.15, 0.2) is 0 Å². The molecule has 0 heterocycles. The van der Waals surface area contributed by atoms with E-state index in [4.69, 9.17) is 9.47 Å². The van der Waals surface area contributed by atoms with E-state index in [0.717, 1.165) is 6.42 Å². The first kappa shape index (κ1) is 29.4. The summed E-state index contributed by atoms with van der Waals surface area (Å²) < 4.78 is 11.2. The van der Waals surface area contributed by atoms with Gasteiger partial charge in [-0.1, -0.05) is 48.0 Å². The Balaban J connectivity index is 5.68. The third-order valence-corrected chi connectivity index (χ3v) is 5.34. The fraction of sp³-hybridized carbons (Fsp3) is 0.875. The van der Waals surface area contributed by atoms with Crippen molar-refractivity contribution in [1.82, 2.24) is 10.2 Å². The molecule has 31 heavy (non-hydrogen) atoms. The third-order valence-electron chi connectivity index (χ3n) is 5.34. The molecule has 0 saturated heterocycles. The van der Waals surface area contributed by atoms with Gasteiger partial charge in [-0.15, -0.1) is 0 Å². The average molecular weight is 443 g/mol. The number of esters is 1. The van der Waals surface area contributed by atoms with Gasteiger partial charge in [0.2, 0.25) is 11.8 Å². The first-order valence-electron chi connectivity index (χ1n) is 11.4. The van der Waals surface area contributed by atoms with Gasteiger partial charge in [-0.05, 0) is 38.5 Å². The van der Waals surface area contributed by atoms with Crippen LogP contribution in [0.2, 0.25) is 0 Å². The summed E-state index contributed by atoms with van der Waals surface area (Å²) >= 11 is 0. The Morgan fingerprint density at radius 3 is 1.94 bits per heavy atom. The van der Waals surface area contributed by atoms with Gasteiger partial charge in [-0.2, -0.15) is 0 Å². The molecule has 7 nitrogen and oxygen atoms in total. The van der Waals surface area contributed by atoms with Gasteiger partial charge in [0.25, 0.3) is 0 Å². The monoisotopic (exact) mass is 442 g/mol. The second-order valence-corrected chi connectivity index (χ2v) is 10.3. The van der Waals surface area contributed by atoms with E-state index in [0.29, 0.717) is 6.42 Å². The van der Waals surface area contributed by atoms with Crippen LogP contribution in [0.3, 0.4) is 0 Å². The summed E-state index contributed by atoms with van der Waals surface area (Å²) in [5.74, 6) is -0.452. The summed E-state index contributed by atoms with van der Waals surface area (Å²) in [5, 5.41) is 2.91. The molecule has 0 aliphatic heterocycles. The van der Waals surface area contributed by atoms with Gasteiger partial charge in [0, 0.05) is 20.6 Å². The SMILES string of the molecule is CC[C@H](C)[C@@H]([C@@H](CC(=O)OC(C)(C)C)OC)N(C)C(=O)[C@@H](NC(=O)CC(C)C)C(C)C. The van der Waals surface area contributed by atoms with Gasteiger partial charge in [0.1, 0.15) is 11.6 Å². The normalized spacial score (nSPS) is 15.9. The molecule has 0 aromatic rings. The zero-order chi connectivity index (χ0) is 24.5. The lowest BCUT2D eigenvalue weighted by atomic mass is 9.90. The number of nitrogens with one attached hydrogen (secondary N) is 1. The topological polar surface area (TPSA) is 84.9 Å². The Hall–Kier alpha value is -1.63. The number of hydrogen-bond donors (Lipinski definition) is 1. The van der Waals surface area contributed by atoms with Crippen LogP contribution in [-0.2, 0) is 23.9 Å². The van der Waals surface area contributed by atoms with Gasteiger partial charge in [-0.3, -0.25) is 14.4 Å². The van der Waals surface area contributed by atoms with Crippen LogP contribution in [0.15, 0.2) is 0 Å². The maximum absolute atomic E-state index is 13.4. The van der Waals surface area contributed by atoms with Crippen LogP contribution in [0.25, 0.3) is 0 Å². The Bertz CT molecular complexity index is 583. The van der Waals surface area contributed by atoms with E-state index in [1.807, 2.05) is 62.3 Å². The van der Waals surface area contributed by atoms with E-state index < -0.39 is 17.7 Å². The molecule has 4 atom stereocenters. The fourth-order valence-electron chi connectivity index (χ4n) is 3.61.